The third-order valence-electron chi connectivity index (χ3n) is 3.09. The minimum atomic E-state index is 0.362. The van der Waals surface area contributed by atoms with Crippen LogP contribution in [0.4, 0.5) is 0 Å². The average molecular weight is 264 g/mol. The van der Waals surface area contributed by atoms with Crippen LogP contribution < -0.4 is 4.74 Å². The van der Waals surface area contributed by atoms with Crippen LogP contribution in [-0.2, 0) is 6.42 Å². The van der Waals surface area contributed by atoms with Crippen molar-refractivity contribution in [3.63, 3.8) is 0 Å². The number of rotatable bonds is 3. The SMILES string of the molecule is COc1cc(CC#N)ccc1-c1nc2cnccc2[nH]1. The monoisotopic (exact) mass is 264 g/mol. The smallest absolute Gasteiger partial charge is 0.142 e. The van der Waals surface area contributed by atoms with Crippen LogP contribution in [0.15, 0.2) is 36.7 Å². The Bertz CT molecular complexity index is 768. The molecule has 0 atom stereocenters. The number of H-pyrrole nitrogens is 1. The molecular formula is C15H12N4O. The molecule has 98 valence electrons. The highest BCUT2D eigenvalue weighted by Crippen LogP contribution is 2.30. The van der Waals surface area contributed by atoms with Crippen LogP contribution in [0, 0.1) is 11.3 Å². The van der Waals surface area contributed by atoms with Gasteiger partial charge in [0.2, 0.25) is 0 Å². The van der Waals surface area contributed by atoms with Crippen LogP contribution >= 0.6 is 0 Å². The lowest BCUT2D eigenvalue weighted by molar-refractivity contribution is 0.416. The topological polar surface area (TPSA) is 74.6 Å². The number of nitriles is 1. The van der Waals surface area contributed by atoms with E-state index in [0.29, 0.717) is 12.2 Å². The molecule has 0 radical (unpaired) electrons. The highest BCUT2D eigenvalue weighted by molar-refractivity contribution is 5.79. The van der Waals surface area contributed by atoms with Crippen molar-refractivity contribution in [2.24, 2.45) is 0 Å². The zero-order chi connectivity index (χ0) is 13.9. The Morgan fingerprint density at radius 2 is 2.25 bits per heavy atom. The number of benzene rings is 1. The van der Waals surface area contributed by atoms with Crippen molar-refractivity contribution >= 4 is 11.0 Å². The minimum absolute atomic E-state index is 0.362. The zero-order valence-electron chi connectivity index (χ0n) is 10.9. The van der Waals surface area contributed by atoms with Crippen LogP contribution in [-0.4, -0.2) is 22.1 Å². The molecule has 0 unspecified atom stereocenters. The Hall–Kier alpha value is -2.87. The molecule has 0 fully saturated rings. The molecule has 0 aliphatic rings. The van der Waals surface area contributed by atoms with E-state index in [1.54, 1.807) is 19.5 Å². The summed E-state index contributed by atoms with van der Waals surface area (Å²) < 4.78 is 5.40. The number of aromatic amines is 1. The van der Waals surface area contributed by atoms with Crippen molar-refractivity contribution in [3.8, 4) is 23.2 Å². The summed E-state index contributed by atoms with van der Waals surface area (Å²) in [4.78, 5) is 11.8. The molecule has 0 saturated carbocycles. The van der Waals surface area contributed by atoms with Gasteiger partial charge in [-0.25, -0.2) is 4.98 Å². The summed E-state index contributed by atoms with van der Waals surface area (Å²) >= 11 is 0. The molecule has 20 heavy (non-hydrogen) atoms. The van der Waals surface area contributed by atoms with Crippen molar-refractivity contribution < 1.29 is 4.74 Å². The van der Waals surface area contributed by atoms with Crippen molar-refractivity contribution in [1.29, 1.82) is 5.26 Å². The highest BCUT2D eigenvalue weighted by atomic mass is 16.5. The lowest BCUT2D eigenvalue weighted by atomic mass is 10.1. The van der Waals surface area contributed by atoms with Crippen LogP contribution in [0.3, 0.4) is 0 Å². The van der Waals surface area contributed by atoms with E-state index in [4.69, 9.17) is 10.00 Å². The molecule has 2 heterocycles. The molecular weight excluding hydrogens is 252 g/mol. The summed E-state index contributed by atoms with van der Waals surface area (Å²) in [7, 11) is 1.61. The number of pyridine rings is 1. The van der Waals surface area contributed by atoms with E-state index < -0.39 is 0 Å². The van der Waals surface area contributed by atoms with Gasteiger partial charge in [-0.1, -0.05) is 6.07 Å². The van der Waals surface area contributed by atoms with E-state index in [0.717, 1.165) is 28.0 Å². The van der Waals surface area contributed by atoms with Crippen LogP contribution in [0.5, 0.6) is 5.75 Å². The summed E-state index contributed by atoms with van der Waals surface area (Å²) in [6.07, 6.45) is 3.80. The number of aromatic nitrogens is 3. The van der Waals surface area contributed by atoms with Gasteiger partial charge in [0, 0.05) is 6.20 Å². The van der Waals surface area contributed by atoms with E-state index in [1.807, 2.05) is 24.3 Å². The molecule has 0 bridgehead atoms. The summed E-state index contributed by atoms with van der Waals surface area (Å²) in [6.45, 7) is 0. The number of nitrogens with one attached hydrogen (secondary N) is 1. The Labute approximate surface area is 115 Å². The van der Waals surface area contributed by atoms with Gasteiger partial charge in [0.1, 0.15) is 17.1 Å². The van der Waals surface area contributed by atoms with Crippen molar-refractivity contribution in [1.82, 2.24) is 15.0 Å². The van der Waals surface area contributed by atoms with Gasteiger partial charge in [-0.15, -0.1) is 0 Å². The first kappa shape index (κ1) is 12.2. The molecule has 0 aliphatic carbocycles. The fraction of sp³-hybridized carbons (Fsp3) is 0.133. The third kappa shape index (κ3) is 2.08. The van der Waals surface area contributed by atoms with Gasteiger partial charge < -0.3 is 9.72 Å². The molecule has 1 N–H and O–H groups in total. The number of hydrogen-bond donors (Lipinski definition) is 1. The predicted molar refractivity (Wildman–Crippen MR) is 75.2 cm³/mol. The number of nitrogens with zero attached hydrogens (tertiary/aromatic N) is 3. The van der Waals surface area contributed by atoms with Gasteiger partial charge in [0.25, 0.3) is 0 Å². The summed E-state index contributed by atoms with van der Waals surface area (Å²) in [5.41, 5.74) is 3.53. The highest BCUT2D eigenvalue weighted by Gasteiger charge is 2.11. The molecule has 2 aromatic heterocycles. The molecule has 0 aliphatic heterocycles. The van der Waals surface area contributed by atoms with E-state index in [-0.39, 0.29) is 0 Å². The first-order chi connectivity index (χ1) is 9.81. The zero-order valence-corrected chi connectivity index (χ0v) is 10.9. The largest absolute Gasteiger partial charge is 0.496 e. The Morgan fingerprint density at radius 3 is 3.00 bits per heavy atom. The Kier molecular flexibility index (Phi) is 3.05. The Morgan fingerprint density at radius 1 is 1.35 bits per heavy atom. The number of methoxy groups -OCH3 is 1. The standard InChI is InChI=1S/C15H12N4O/c1-20-14-8-10(4-6-16)2-3-11(14)15-18-12-5-7-17-9-13(12)19-15/h2-3,5,7-9H,4H2,1H3,(H,18,19). The molecule has 3 aromatic rings. The average Bonchev–Trinajstić information content (AvgIpc) is 2.91. The van der Waals surface area contributed by atoms with E-state index in [9.17, 15) is 0 Å². The van der Waals surface area contributed by atoms with Gasteiger partial charge in [0.15, 0.2) is 0 Å². The second-order valence-corrected chi connectivity index (χ2v) is 4.35. The molecule has 5 nitrogen and oxygen atoms in total. The van der Waals surface area contributed by atoms with Crippen molar-refractivity contribution in [3.05, 3.63) is 42.2 Å². The second-order valence-electron chi connectivity index (χ2n) is 4.35. The molecule has 0 amide bonds. The maximum atomic E-state index is 8.75. The molecule has 3 rings (SSSR count). The summed E-state index contributed by atoms with van der Waals surface area (Å²) in [5.74, 6) is 1.43. The maximum absolute atomic E-state index is 8.75. The number of fused-ring (bicyclic) bond motifs is 1. The van der Waals surface area contributed by atoms with Crippen LogP contribution in [0.2, 0.25) is 0 Å². The second kappa shape index (κ2) is 5.02. The molecule has 5 heteroatoms. The van der Waals surface area contributed by atoms with Gasteiger partial charge in [-0.3, -0.25) is 4.98 Å². The van der Waals surface area contributed by atoms with E-state index in [1.165, 1.54) is 0 Å². The van der Waals surface area contributed by atoms with Crippen LogP contribution in [0.25, 0.3) is 22.4 Å². The van der Waals surface area contributed by atoms with Crippen LogP contribution in [0.1, 0.15) is 5.56 Å². The molecule has 1 aromatic carbocycles. The predicted octanol–water partition coefficient (Wildman–Crippen LogP) is 2.70. The van der Waals surface area contributed by atoms with Gasteiger partial charge in [-0.05, 0) is 23.8 Å². The number of hydrogen-bond acceptors (Lipinski definition) is 4. The first-order valence-electron chi connectivity index (χ1n) is 6.16. The van der Waals surface area contributed by atoms with E-state index in [2.05, 4.69) is 21.0 Å². The van der Waals surface area contributed by atoms with Gasteiger partial charge in [0.05, 0.1) is 36.9 Å². The summed E-state index contributed by atoms with van der Waals surface area (Å²) in [5, 5.41) is 8.75. The van der Waals surface area contributed by atoms with E-state index >= 15 is 0 Å². The van der Waals surface area contributed by atoms with Crippen molar-refractivity contribution in [2.75, 3.05) is 7.11 Å². The molecule has 0 saturated heterocycles. The quantitative estimate of drug-likeness (QED) is 0.789. The summed E-state index contributed by atoms with van der Waals surface area (Å²) in [6, 6.07) is 9.69. The lowest BCUT2D eigenvalue weighted by Crippen LogP contribution is -1.92. The van der Waals surface area contributed by atoms with Gasteiger partial charge in [-0.2, -0.15) is 5.26 Å². The Balaban J connectivity index is 2.11. The van der Waals surface area contributed by atoms with Gasteiger partial charge >= 0.3 is 0 Å². The van der Waals surface area contributed by atoms with Crippen molar-refractivity contribution in [2.45, 2.75) is 6.42 Å². The normalized spacial score (nSPS) is 10.4. The third-order valence-corrected chi connectivity index (χ3v) is 3.09. The molecule has 0 spiro atoms. The number of ether oxygens (including phenoxy) is 1. The minimum Gasteiger partial charge on any atom is -0.496 e. The first-order valence-corrected chi connectivity index (χ1v) is 6.16. The number of imidazole rings is 1. The fourth-order valence-electron chi connectivity index (χ4n) is 2.12. The fourth-order valence-corrected chi connectivity index (χ4v) is 2.12. The maximum Gasteiger partial charge on any atom is 0.142 e. The lowest BCUT2D eigenvalue weighted by Gasteiger charge is -2.07.